The number of aliphatic hydroxyl groups excluding tert-OH is 1. The number of ether oxygens (including phenoxy) is 1. The number of nitrogen functional groups attached to an aromatic ring is 1. The number of fused-ring (bicyclic) bond motifs is 3. The van der Waals surface area contributed by atoms with Gasteiger partial charge in [0.2, 0.25) is 0 Å². The molecule has 3 aromatic rings. The first kappa shape index (κ1) is 15.8. The van der Waals surface area contributed by atoms with E-state index in [1.807, 2.05) is 6.07 Å². The highest BCUT2D eigenvalue weighted by Gasteiger charge is 2.24. The number of hydrogen-bond donors (Lipinski definition) is 3. The largest absolute Gasteiger partial charge is 0.388 e. The summed E-state index contributed by atoms with van der Waals surface area (Å²) in [5, 5.41) is 10.2. The van der Waals surface area contributed by atoms with E-state index >= 15 is 0 Å². The molecule has 24 heavy (non-hydrogen) atoms. The molecule has 4 N–H and O–H groups in total. The summed E-state index contributed by atoms with van der Waals surface area (Å²) >= 11 is 3.85. The summed E-state index contributed by atoms with van der Waals surface area (Å²) < 4.78 is 5.45. The fourth-order valence-electron chi connectivity index (χ4n) is 3.36. The number of halogens is 1. The van der Waals surface area contributed by atoms with Crippen molar-refractivity contribution < 1.29 is 9.84 Å². The first-order chi connectivity index (χ1) is 11.7. The van der Waals surface area contributed by atoms with Crippen molar-refractivity contribution in [3.05, 3.63) is 29.6 Å². The Labute approximate surface area is 147 Å². The van der Waals surface area contributed by atoms with E-state index in [1.54, 1.807) is 0 Å². The van der Waals surface area contributed by atoms with Gasteiger partial charge in [-0.25, -0.2) is 9.97 Å². The molecule has 4 rings (SSSR count). The van der Waals surface area contributed by atoms with E-state index in [4.69, 9.17) is 10.5 Å². The number of imidazole rings is 1. The van der Waals surface area contributed by atoms with Crippen LogP contribution < -0.4 is 5.73 Å². The highest BCUT2D eigenvalue weighted by molar-refractivity contribution is 9.09. The third kappa shape index (κ3) is 2.66. The summed E-state index contributed by atoms with van der Waals surface area (Å²) in [6, 6.07) is 6.23. The number of nitrogens with one attached hydrogen (secondary N) is 1. The maximum atomic E-state index is 9.29. The van der Waals surface area contributed by atoms with Gasteiger partial charge < -0.3 is 20.6 Å². The van der Waals surface area contributed by atoms with Crippen molar-refractivity contribution in [3.8, 4) is 0 Å². The molecule has 0 saturated carbocycles. The predicted molar refractivity (Wildman–Crippen MR) is 96.9 cm³/mol. The van der Waals surface area contributed by atoms with Crippen LogP contribution in [0.2, 0.25) is 0 Å². The van der Waals surface area contributed by atoms with E-state index in [0.29, 0.717) is 23.1 Å². The number of aliphatic hydroxyl groups is 1. The van der Waals surface area contributed by atoms with Gasteiger partial charge in [0, 0.05) is 23.4 Å². The van der Waals surface area contributed by atoms with Gasteiger partial charge in [-0.15, -0.1) is 0 Å². The maximum absolute atomic E-state index is 9.29. The molecule has 1 aliphatic heterocycles. The molecule has 6 nitrogen and oxygen atoms in total. The van der Waals surface area contributed by atoms with Gasteiger partial charge in [-0.05, 0) is 30.4 Å². The van der Waals surface area contributed by atoms with Crippen LogP contribution in [0.1, 0.15) is 29.1 Å². The molecular weight excluding hydrogens is 372 g/mol. The zero-order valence-corrected chi connectivity index (χ0v) is 14.7. The molecule has 1 unspecified atom stereocenters. The number of rotatable bonds is 3. The van der Waals surface area contributed by atoms with E-state index < -0.39 is 0 Å². The second kappa shape index (κ2) is 6.31. The maximum Gasteiger partial charge on any atom is 0.150 e. The molecule has 0 aliphatic carbocycles. The van der Waals surface area contributed by atoms with Crippen LogP contribution in [-0.2, 0) is 11.3 Å². The number of anilines is 1. The van der Waals surface area contributed by atoms with E-state index in [9.17, 15) is 5.11 Å². The lowest BCUT2D eigenvalue weighted by Gasteiger charge is -2.26. The van der Waals surface area contributed by atoms with Gasteiger partial charge in [-0.3, -0.25) is 0 Å². The van der Waals surface area contributed by atoms with Crippen molar-refractivity contribution in [2.45, 2.75) is 24.3 Å². The van der Waals surface area contributed by atoms with Crippen LogP contribution in [0.4, 0.5) is 5.82 Å². The molecule has 1 atom stereocenters. The standard InChI is InChI=1S/C17H19BrN4O2/c18-14(9-3-5-24-6-4-9)10-1-2-11-12(7-10)20-17(19)16-15(11)21-13(8-23)22-16/h1-2,7,9,14,23H,3-6,8H2,(H2,19,20)(H,21,22). The van der Waals surface area contributed by atoms with Crippen LogP contribution in [0.15, 0.2) is 18.2 Å². The minimum Gasteiger partial charge on any atom is -0.388 e. The van der Waals surface area contributed by atoms with Crippen LogP contribution in [0.25, 0.3) is 21.9 Å². The average Bonchev–Trinajstić information content (AvgIpc) is 3.07. The minimum atomic E-state index is -0.152. The highest BCUT2D eigenvalue weighted by Crippen LogP contribution is 2.38. The summed E-state index contributed by atoms with van der Waals surface area (Å²) in [5.41, 5.74) is 9.52. The SMILES string of the molecule is Nc1nc2cc(C(Br)C3CCOCC3)ccc2c2nc(CO)[nH]c12. The average molecular weight is 391 g/mol. The number of H-pyrrole nitrogens is 1. The van der Waals surface area contributed by atoms with Crippen molar-refractivity contribution in [2.24, 2.45) is 5.92 Å². The Kier molecular flexibility index (Phi) is 4.15. The number of aromatic nitrogens is 3. The van der Waals surface area contributed by atoms with E-state index in [1.165, 1.54) is 5.56 Å². The molecule has 0 radical (unpaired) electrons. The van der Waals surface area contributed by atoms with Gasteiger partial charge in [-0.2, -0.15) is 0 Å². The Morgan fingerprint density at radius 1 is 1.33 bits per heavy atom. The fourth-order valence-corrected chi connectivity index (χ4v) is 4.17. The summed E-state index contributed by atoms with van der Waals surface area (Å²) in [6.45, 7) is 1.49. The second-order valence-corrected chi connectivity index (χ2v) is 7.18. The van der Waals surface area contributed by atoms with Crippen LogP contribution in [0.3, 0.4) is 0 Å². The van der Waals surface area contributed by atoms with Crippen molar-refractivity contribution in [2.75, 3.05) is 18.9 Å². The lowest BCUT2D eigenvalue weighted by atomic mass is 9.92. The van der Waals surface area contributed by atoms with Gasteiger partial charge in [0.05, 0.1) is 5.52 Å². The number of hydrogen-bond acceptors (Lipinski definition) is 5. The zero-order chi connectivity index (χ0) is 16.7. The summed E-state index contributed by atoms with van der Waals surface area (Å²) in [5.74, 6) is 1.46. The third-order valence-corrected chi connectivity index (χ3v) is 5.95. The Balaban J connectivity index is 1.78. The molecule has 1 aromatic carbocycles. The van der Waals surface area contributed by atoms with Crippen molar-refractivity contribution in [1.82, 2.24) is 15.0 Å². The van der Waals surface area contributed by atoms with Crippen molar-refractivity contribution >= 4 is 43.7 Å². The van der Waals surface area contributed by atoms with E-state index in [2.05, 4.69) is 43.0 Å². The molecule has 0 spiro atoms. The molecule has 1 saturated heterocycles. The van der Waals surface area contributed by atoms with Crippen LogP contribution in [-0.4, -0.2) is 33.3 Å². The fraction of sp³-hybridized carbons (Fsp3) is 0.412. The van der Waals surface area contributed by atoms with E-state index in [0.717, 1.165) is 42.5 Å². The monoisotopic (exact) mass is 390 g/mol. The van der Waals surface area contributed by atoms with Gasteiger partial charge in [0.1, 0.15) is 29.3 Å². The van der Waals surface area contributed by atoms with Crippen LogP contribution in [0.5, 0.6) is 0 Å². The Hall–Kier alpha value is -1.70. The summed E-state index contributed by atoms with van der Waals surface area (Å²) in [7, 11) is 0. The number of nitrogens with two attached hydrogens (primary N) is 1. The highest BCUT2D eigenvalue weighted by atomic mass is 79.9. The first-order valence-corrected chi connectivity index (χ1v) is 8.99. The second-order valence-electron chi connectivity index (χ2n) is 6.19. The zero-order valence-electron chi connectivity index (χ0n) is 13.1. The van der Waals surface area contributed by atoms with Gasteiger partial charge >= 0.3 is 0 Å². The molecule has 0 amide bonds. The quantitative estimate of drug-likeness (QED) is 0.597. The number of pyridine rings is 1. The smallest absolute Gasteiger partial charge is 0.150 e. The molecule has 126 valence electrons. The topological polar surface area (TPSA) is 97.1 Å². The van der Waals surface area contributed by atoms with Crippen molar-refractivity contribution in [3.63, 3.8) is 0 Å². The first-order valence-electron chi connectivity index (χ1n) is 8.07. The Morgan fingerprint density at radius 2 is 2.12 bits per heavy atom. The molecule has 2 aromatic heterocycles. The van der Waals surface area contributed by atoms with Crippen LogP contribution in [0, 0.1) is 5.92 Å². The van der Waals surface area contributed by atoms with E-state index in [-0.39, 0.29) is 11.4 Å². The van der Waals surface area contributed by atoms with Gasteiger partial charge in [0.15, 0.2) is 0 Å². The summed E-state index contributed by atoms with van der Waals surface area (Å²) in [4.78, 5) is 12.2. The summed E-state index contributed by atoms with van der Waals surface area (Å²) in [6.07, 6.45) is 2.11. The molecule has 7 heteroatoms. The lowest BCUT2D eigenvalue weighted by Crippen LogP contribution is -2.19. The molecule has 1 aliphatic rings. The number of benzene rings is 1. The molecule has 0 bridgehead atoms. The number of aromatic amines is 1. The van der Waals surface area contributed by atoms with Gasteiger partial charge in [-0.1, -0.05) is 28.1 Å². The lowest BCUT2D eigenvalue weighted by molar-refractivity contribution is 0.0662. The van der Waals surface area contributed by atoms with Crippen LogP contribution >= 0.6 is 15.9 Å². The number of alkyl halides is 1. The molecular formula is C17H19BrN4O2. The Morgan fingerprint density at radius 3 is 2.88 bits per heavy atom. The third-order valence-electron chi connectivity index (χ3n) is 4.67. The predicted octanol–water partition coefficient (Wildman–Crippen LogP) is 3.05. The Bertz CT molecular complexity index is 889. The van der Waals surface area contributed by atoms with Crippen molar-refractivity contribution in [1.29, 1.82) is 0 Å². The molecule has 3 heterocycles. The van der Waals surface area contributed by atoms with Gasteiger partial charge in [0.25, 0.3) is 0 Å². The normalized spacial score (nSPS) is 17.6. The molecule has 1 fully saturated rings. The number of nitrogens with zero attached hydrogens (tertiary/aromatic N) is 2. The minimum absolute atomic E-state index is 0.152.